The van der Waals surface area contributed by atoms with Crippen LogP contribution in [-0.2, 0) is 19.2 Å². The van der Waals surface area contributed by atoms with Gasteiger partial charge in [0.15, 0.2) is 11.6 Å². The summed E-state index contributed by atoms with van der Waals surface area (Å²) in [6.45, 7) is 3.30. The van der Waals surface area contributed by atoms with Crippen LogP contribution in [0.1, 0.15) is 36.8 Å². The molecule has 1 fully saturated rings. The van der Waals surface area contributed by atoms with E-state index in [-0.39, 0.29) is 30.2 Å². The Morgan fingerprint density at radius 3 is 2.52 bits per heavy atom. The molecule has 4 unspecified atom stereocenters. The zero-order chi connectivity index (χ0) is 23.8. The van der Waals surface area contributed by atoms with Gasteiger partial charge in [0.1, 0.15) is 5.75 Å². The number of carbonyl (C=O) groups is 5. The molecule has 4 aliphatic rings. The van der Waals surface area contributed by atoms with Gasteiger partial charge < -0.3 is 10.8 Å². The molecule has 1 heterocycles. The summed E-state index contributed by atoms with van der Waals surface area (Å²) in [7, 11) is 0. The number of amides is 4. The van der Waals surface area contributed by atoms with Crippen molar-refractivity contribution in [2.75, 3.05) is 0 Å². The third-order valence-corrected chi connectivity index (χ3v) is 7.36. The zero-order valence-electron chi connectivity index (χ0n) is 18.1. The average Bonchev–Trinajstić information content (AvgIpc) is 3.03. The molecule has 4 atom stereocenters. The van der Waals surface area contributed by atoms with Crippen LogP contribution in [-0.4, -0.2) is 39.4 Å². The number of rotatable bonds is 1. The van der Waals surface area contributed by atoms with E-state index in [0.29, 0.717) is 38.3 Å². The average molecular weight is 446 g/mol. The Balaban J connectivity index is 1.73. The molecule has 1 aliphatic heterocycles. The molecule has 0 bridgehead atoms. The van der Waals surface area contributed by atoms with Crippen molar-refractivity contribution in [3.63, 3.8) is 0 Å². The summed E-state index contributed by atoms with van der Waals surface area (Å²) in [5, 5.41) is 10.9. The van der Waals surface area contributed by atoms with Crippen molar-refractivity contribution >= 4 is 29.4 Å². The number of hydrogen-bond acceptors (Lipinski definition) is 6. The SMILES string of the molecule is CC1=CC(=O)C2=C(CC3C(=CCC4C(=O)N(C(N)=O)C(=O)C43)C2c2cccc(C)c2O)C1=O. The van der Waals surface area contributed by atoms with Gasteiger partial charge in [0.2, 0.25) is 11.8 Å². The van der Waals surface area contributed by atoms with Crippen LogP contribution in [0.25, 0.3) is 0 Å². The number of allylic oxidation sites excluding steroid dienone is 6. The minimum absolute atomic E-state index is 0.0112. The summed E-state index contributed by atoms with van der Waals surface area (Å²) in [5.41, 5.74) is 7.99. The molecule has 1 saturated heterocycles. The number of benzene rings is 1. The number of aryl methyl sites for hydroxylation is 1. The van der Waals surface area contributed by atoms with Gasteiger partial charge >= 0.3 is 6.03 Å². The molecule has 8 heteroatoms. The fourth-order valence-electron chi connectivity index (χ4n) is 5.87. The van der Waals surface area contributed by atoms with Crippen molar-refractivity contribution in [2.24, 2.45) is 23.5 Å². The number of nitrogens with zero attached hydrogens (tertiary/aromatic N) is 1. The quantitative estimate of drug-likeness (QED) is 0.386. The molecule has 5 rings (SSSR count). The van der Waals surface area contributed by atoms with Crippen LogP contribution in [0.3, 0.4) is 0 Å². The molecular weight excluding hydrogens is 424 g/mol. The molecule has 0 aromatic heterocycles. The standard InChI is InChI=1S/C25H22N2O6/c1-10-4-3-5-13(21(10)29)18-12-6-7-14-19(24(32)27(23(14)31)25(26)33)15(12)9-16-20(18)17(28)8-11(2)22(16)30/h3-6,8,14-15,18-19,29H,7,9H2,1-2H3,(H2,26,33). The van der Waals surface area contributed by atoms with Gasteiger partial charge in [0.05, 0.1) is 11.8 Å². The maximum absolute atomic E-state index is 13.1. The predicted molar refractivity (Wildman–Crippen MR) is 116 cm³/mol. The lowest BCUT2D eigenvalue weighted by Crippen LogP contribution is -2.42. The predicted octanol–water partition coefficient (Wildman–Crippen LogP) is 2.21. The van der Waals surface area contributed by atoms with Gasteiger partial charge in [-0.1, -0.05) is 29.8 Å². The first kappa shape index (κ1) is 21.1. The molecule has 168 valence electrons. The molecule has 0 saturated carbocycles. The Labute approximate surface area is 189 Å². The van der Waals surface area contributed by atoms with Crippen molar-refractivity contribution in [3.8, 4) is 5.75 Å². The van der Waals surface area contributed by atoms with Crippen molar-refractivity contribution in [2.45, 2.75) is 32.6 Å². The first-order valence-electron chi connectivity index (χ1n) is 10.8. The number of primary amides is 1. The lowest BCUT2D eigenvalue weighted by molar-refractivity contribution is -0.136. The van der Waals surface area contributed by atoms with E-state index in [0.717, 1.165) is 0 Å². The van der Waals surface area contributed by atoms with Crippen LogP contribution in [0, 0.1) is 24.7 Å². The molecule has 3 N–H and O–H groups in total. The molecule has 8 nitrogen and oxygen atoms in total. The van der Waals surface area contributed by atoms with Crippen LogP contribution in [0.15, 0.2) is 52.6 Å². The number of aromatic hydroxyl groups is 1. The van der Waals surface area contributed by atoms with E-state index in [4.69, 9.17) is 5.73 Å². The number of fused-ring (bicyclic) bond motifs is 3. The monoisotopic (exact) mass is 446 g/mol. The number of imide groups is 3. The van der Waals surface area contributed by atoms with Gasteiger partial charge in [0.25, 0.3) is 0 Å². The number of para-hydroxylation sites is 1. The summed E-state index contributed by atoms with van der Waals surface area (Å²) in [4.78, 5) is 64.4. The summed E-state index contributed by atoms with van der Waals surface area (Å²) in [6.07, 6.45) is 3.44. The number of likely N-dealkylation sites (tertiary alicyclic amines) is 1. The highest BCUT2D eigenvalue weighted by atomic mass is 16.3. The number of phenolic OH excluding ortho intramolecular Hbond substituents is 1. The van der Waals surface area contributed by atoms with Crippen molar-refractivity contribution < 1.29 is 29.1 Å². The third kappa shape index (κ3) is 2.79. The van der Waals surface area contributed by atoms with Crippen LogP contribution < -0.4 is 5.73 Å². The van der Waals surface area contributed by atoms with Gasteiger partial charge in [-0.25, -0.2) is 4.79 Å². The van der Waals surface area contributed by atoms with Gasteiger partial charge in [-0.15, -0.1) is 0 Å². The van der Waals surface area contributed by atoms with Crippen LogP contribution in [0.2, 0.25) is 0 Å². The van der Waals surface area contributed by atoms with Crippen LogP contribution in [0.4, 0.5) is 4.79 Å². The Hall–Kier alpha value is -3.81. The van der Waals surface area contributed by atoms with E-state index < -0.39 is 41.5 Å². The molecule has 1 aromatic rings. The van der Waals surface area contributed by atoms with Crippen molar-refractivity contribution in [3.05, 3.63) is 63.8 Å². The summed E-state index contributed by atoms with van der Waals surface area (Å²) in [6, 6.07) is 4.08. The normalized spacial score (nSPS) is 28.8. The second-order valence-electron chi connectivity index (χ2n) is 9.09. The smallest absolute Gasteiger partial charge is 0.328 e. The van der Waals surface area contributed by atoms with E-state index in [1.165, 1.54) is 6.08 Å². The highest BCUT2D eigenvalue weighted by Gasteiger charge is 2.57. The Morgan fingerprint density at radius 1 is 1.09 bits per heavy atom. The lowest BCUT2D eigenvalue weighted by atomic mass is 9.59. The van der Waals surface area contributed by atoms with Crippen molar-refractivity contribution in [1.82, 2.24) is 4.90 Å². The number of carbonyl (C=O) groups excluding carboxylic acids is 5. The summed E-state index contributed by atoms with van der Waals surface area (Å²) in [5.74, 6) is -4.80. The molecule has 0 spiro atoms. The number of phenols is 1. The fraction of sp³-hybridized carbons (Fsp3) is 0.320. The fourth-order valence-corrected chi connectivity index (χ4v) is 5.87. The van der Waals surface area contributed by atoms with Gasteiger partial charge in [0, 0.05) is 28.2 Å². The first-order valence-corrected chi connectivity index (χ1v) is 10.8. The maximum atomic E-state index is 13.1. The van der Waals surface area contributed by atoms with E-state index >= 15 is 0 Å². The molecular formula is C25H22N2O6. The molecule has 0 radical (unpaired) electrons. The zero-order valence-corrected chi connectivity index (χ0v) is 18.1. The summed E-state index contributed by atoms with van der Waals surface area (Å²) < 4.78 is 0. The Morgan fingerprint density at radius 2 is 1.82 bits per heavy atom. The van der Waals surface area contributed by atoms with E-state index in [2.05, 4.69) is 0 Å². The largest absolute Gasteiger partial charge is 0.507 e. The Bertz CT molecular complexity index is 1280. The van der Waals surface area contributed by atoms with E-state index in [1.807, 2.05) is 6.08 Å². The van der Waals surface area contributed by atoms with Gasteiger partial charge in [-0.2, -0.15) is 4.90 Å². The number of urea groups is 1. The molecule has 3 aliphatic carbocycles. The maximum Gasteiger partial charge on any atom is 0.328 e. The van der Waals surface area contributed by atoms with Gasteiger partial charge in [-0.3, -0.25) is 19.2 Å². The van der Waals surface area contributed by atoms with Crippen LogP contribution >= 0.6 is 0 Å². The number of nitrogens with two attached hydrogens (primary N) is 1. The number of Topliss-reactive ketones (excluding diaryl/α,β-unsaturated/α-hetero) is 1. The molecule has 33 heavy (non-hydrogen) atoms. The topological polar surface area (TPSA) is 135 Å². The van der Waals surface area contributed by atoms with Crippen molar-refractivity contribution in [1.29, 1.82) is 0 Å². The highest BCUT2D eigenvalue weighted by Crippen LogP contribution is 2.56. The van der Waals surface area contributed by atoms with E-state index in [1.54, 1.807) is 32.0 Å². The van der Waals surface area contributed by atoms with Gasteiger partial charge in [-0.05, 0) is 44.2 Å². The summed E-state index contributed by atoms with van der Waals surface area (Å²) >= 11 is 0. The lowest BCUT2D eigenvalue weighted by Gasteiger charge is -2.42. The molecule has 1 aromatic carbocycles. The Kier molecular flexibility index (Phi) is 4.53. The minimum atomic E-state index is -1.12. The number of hydrogen-bond donors (Lipinski definition) is 2. The molecule has 4 amide bonds. The second kappa shape index (κ2) is 7.10. The minimum Gasteiger partial charge on any atom is -0.507 e. The number of ketones is 2. The van der Waals surface area contributed by atoms with E-state index in [9.17, 15) is 29.1 Å². The first-order chi connectivity index (χ1) is 15.6. The highest BCUT2D eigenvalue weighted by molar-refractivity contribution is 6.24. The van der Waals surface area contributed by atoms with Crippen LogP contribution in [0.5, 0.6) is 5.75 Å². The third-order valence-electron chi connectivity index (χ3n) is 7.36. The second-order valence-corrected chi connectivity index (χ2v) is 9.09.